The summed E-state index contributed by atoms with van der Waals surface area (Å²) in [7, 11) is 0. The molecule has 2 N–H and O–H groups in total. The topological polar surface area (TPSA) is 113 Å². The highest BCUT2D eigenvalue weighted by Crippen LogP contribution is 2.32. The first-order valence-electron chi connectivity index (χ1n) is 7.86. The molecule has 2 aliphatic heterocycles. The molecule has 132 valence electrons. The zero-order valence-electron chi connectivity index (χ0n) is 13.5. The molecular weight excluding hydrogens is 334 g/mol. The van der Waals surface area contributed by atoms with E-state index in [0.717, 1.165) is 31.1 Å². The summed E-state index contributed by atoms with van der Waals surface area (Å²) in [6.45, 7) is 6.27. The molecule has 1 aromatic rings. The Kier molecular flexibility index (Phi) is 6.68. The first-order chi connectivity index (χ1) is 11.5. The van der Waals surface area contributed by atoms with Crippen molar-refractivity contribution in [3.63, 3.8) is 0 Å². The number of rotatable bonds is 4. The van der Waals surface area contributed by atoms with Gasteiger partial charge in [0.1, 0.15) is 5.69 Å². The molecule has 8 nitrogen and oxygen atoms in total. The van der Waals surface area contributed by atoms with Crippen molar-refractivity contribution in [2.45, 2.75) is 26.2 Å². The zero-order chi connectivity index (χ0) is 17.5. The molecule has 1 aromatic heterocycles. The molecule has 0 spiro atoms. The van der Waals surface area contributed by atoms with E-state index in [0.29, 0.717) is 5.92 Å². The minimum Gasteiger partial charge on any atom is -0.475 e. The van der Waals surface area contributed by atoms with Gasteiger partial charge in [-0.25, -0.2) is 9.59 Å². The van der Waals surface area contributed by atoms with E-state index in [1.165, 1.54) is 43.2 Å². The van der Waals surface area contributed by atoms with Gasteiger partial charge in [-0.1, -0.05) is 13.0 Å². The van der Waals surface area contributed by atoms with Gasteiger partial charge in [-0.05, 0) is 37.3 Å². The fourth-order valence-electron chi connectivity index (χ4n) is 2.77. The highest BCUT2D eigenvalue weighted by atomic mass is 32.1. The summed E-state index contributed by atoms with van der Waals surface area (Å²) in [6.07, 6.45) is 6.03. The van der Waals surface area contributed by atoms with Gasteiger partial charge in [0.05, 0.1) is 18.3 Å². The molecule has 1 fully saturated rings. The Morgan fingerprint density at radius 3 is 2.75 bits per heavy atom. The molecule has 0 aromatic carbocycles. The van der Waals surface area contributed by atoms with E-state index >= 15 is 0 Å². The average molecular weight is 355 g/mol. The van der Waals surface area contributed by atoms with Crippen LogP contribution in [0.1, 0.15) is 31.9 Å². The van der Waals surface area contributed by atoms with Gasteiger partial charge in [0.2, 0.25) is 0 Å². The lowest BCUT2D eigenvalue weighted by molar-refractivity contribution is -0.159. The quantitative estimate of drug-likeness (QED) is 0.783. The summed E-state index contributed by atoms with van der Waals surface area (Å²) in [4.78, 5) is 20.7. The van der Waals surface area contributed by atoms with E-state index in [1.54, 1.807) is 0 Å². The van der Waals surface area contributed by atoms with Gasteiger partial charge in [0.25, 0.3) is 5.88 Å². The van der Waals surface area contributed by atoms with Crippen LogP contribution in [0.4, 0.5) is 0 Å². The van der Waals surface area contributed by atoms with Gasteiger partial charge < -0.3 is 14.9 Å². The van der Waals surface area contributed by atoms with E-state index in [2.05, 4.69) is 26.6 Å². The summed E-state index contributed by atoms with van der Waals surface area (Å²) in [5, 5.41) is 14.8. The molecule has 3 heterocycles. The van der Waals surface area contributed by atoms with Crippen molar-refractivity contribution < 1.29 is 24.5 Å². The van der Waals surface area contributed by atoms with Crippen molar-refractivity contribution in [3.8, 4) is 5.88 Å². The van der Waals surface area contributed by atoms with Gasteiger partial charge in [-0.3, -0.25) is 4.90 Å². The van der Waals surface area contributed by atoms with E-state index in [1.807, 2.05) is 0 Å². The van der Waals surface area contributed by atoms with Gasteiger partial charge >= 0.3 is 11.9 Å². The van der Waals surface area contributed by atoms with E-state index < -0.39 is 11.9 Å². The van der Waals surface area contributed by atoms with Crippen molar-refractivity contribution in [3.05, 3.63) is 11.8 Å². The maximum absolute atomic E-state index is 9.10. The summed E-state index contributed by atoms with van der Waals surface area (Å²) in [6, 6.07) is 0. The first-order valence-corrected chi connectivity index (χ1v) is 8.59. The van der Waals surface area contributed by atoms with Crippen LogP contribution < -0.4 is 4.74 Å². The number of ether oxygens (including phenoxy) is 1. The van der Waals surface area contributed by atoms with E-state index in [9.17, 15) is 0 Å². The molecule has 2 unspecified atom stereocenters. The number of aromatic nitrogens is 2. The van der Waals surface area contributed by atoms with Crippen LogP contribution in [0.25, 0.3) is 5.57 Å². The molecule has 2 aliphatic rings. The number of carbonyl (C=O) groups is 2. The van der Waals surface area contributed by atoms with Gasteiger partial charge in [-0.2, -0.15) is 4.37 Å². The molecule has 0 aliphatic carbocycles. The van der Waals surface area contributed by atoms with Crippen molar-refractivity contribution in [2.75, 3.05) is 26.2 Å². The smallest absolute Gasteiger partial charge is 0.414 e. The van der Waals surface area contributed by atoms with Crippen LogP contribution in [0.2, 0.25) is 0 Å². The van der Waals surface area contributed by atoms with Gasteiger partial charge in [-0.15, -0.1) is 4.37 Å². The van der Waals surface area contributed by atoms with Crippen molar-refractivity contribution in [2.24, 2.45) is 5.92 Å². The Labute approximate surface area is 144 Å². The third-order valence-electron chi connectivity index (χ3n) is 3.76. The highest BCUT2D eigenvalue weighted by Gasteiger charge is 2.27. The summed E-state index contributed by atoms with van der Waals surface area (Å²) < 4.78 is 14.4. The largest absolute Gasteiger partial charge is 0.475 e. The molecule has 2 bridgehead atoms. The molecule has 3 rings (SSSR count). The number of hydrogen-bond acceptors (Lipinski definition) is 7. The SMILES string of the molecule is CCCOc1nsnc1C1=CC2CCCN(C1)C2.O=C(O)C(=O)O. The third-order valence-corrected chi connectivity index (χ3v) is 4.27. The van der Waals surface area contributed by atoms with Gasteiger partial charge in [0, 0.05) is 13.1 Å². The lowest BCUT2D eigenvalue weighted by Crippen LogP contribution is -2.39. The van der Waals surface area contributed by atoms with Crippen LogP contribution in [0.3, 0.4) is 0 Å². The first kappa shape index (κ1) is 18.3. The summed E-state index contributed by atoms with van der Waals surface area (Å²) in [5.41, 5.74) is 2.29. The fourth-order valence-corrected chi connectivity index (χ4v) is 3.30. The predicted octanol–water partition coefficient (Wildman–Crippen LogP) is 1.59. The highest BCUT2D eigenvalue weighted by molar-refractivity contribution is 6.99. The monoisotopic (exact) mass is 355 g/mol. The van der Waals surface area contributed by atoms with E-state index in [4.69, 9.17) is 24.5 Å². The van der Waals surface area contributed by atoms with Crippen molar-refractivity contribution in [1.82, 2.24) is 13.6 Å². The van der Waals surface area contributed by atoms with Gasteiger partial charge in [0.15, 0.2) is 0 Å². The predicted molar refractivity (Wildman–Crippen MR) is 88.1 cm³/mol. The zero-order valence-corrected chi connectivity index (χ0v) is 14.3. The van der Waals surface area contributed by atoms with Crippen LogP contribution in [0.15, 0.2) is 6.08 Å². The van der Waals surface area contributed by atoms with Crippen LogP contribution in [0, 0.1) is 5.92 Å². The molecule has 0 amide bonds. The standard InChI is InChI=1S/C13H19N3OS.C2H2O4/c1-2-6-17-13-12(14-18-15-13)11-7-10-4-3-5-16(8-10)9-11;3-1(4)2(5)6/h7,10H,2-6,8-9H2,1H3;(H,3,4)(H,5,6). The van der Waals surface area contributed by atoms with Crippen LogP contribution in [-0.4, -0.2) is 62.0 Å². The van der Waals surface area contributed by atoms with Crippen molar-refractivity contribution in [1.29, 1.82) is 0 Å². The fraction of sp³-hybridized carbons (Fsp3) is 0.600. The number of aliphatic carboxylic acids is 2. The number of carboxylic acid groups (broad SMARTS) is 2. The minimum absolute atomic E-state index is 0.697. The Bertz CT molecular complexity index is 604. The molecule has 0 saturated carbocycles. The maximum atomic E-state index is 9.10. The third kappa shape index (κ3) is 5.00. The number of fused-ring (bicyclic) bond motifs is 2. The molecule has 2 atom stereocenters. The molecular formula is C15H21N3O5S. The second-order valence-corrected chi connectivity index (χ2v) is 6.23. The summed E-state index contributed by atoms with van der Waals surface area (Å²) in [5.74, 6) is -2.22. The van der Waals surface area contributed by atoms with Crippen LogP contribution in [-0.2, 0) is 9.59 Å². The molecule has 9 heteroatoms. The lowest BCUT2D eigenvalue weighted by atomic mass is 9.90. The lowest BCUT2D eigenvalue weighted by Gasteiger charge is -2.36. The number of carboxylic acids is 2. The average Bonchev–Trinajstić information content (AvgIpc) is 3.01. The van der Waals surface area contributed by atoms with Crippen LogP contribution >= 0.6 is 11.7 Å². The minimum atomic E-state index is -1.82. The normalized spacial score (nSPS) is 22.0. The number of hydrogen-bond donors (Lipinski definition) is 2. The Hall–Kier alpha value is -2.00. The summed E-state index contributed by atoms with van der Waals surface area (Å²) >= 11 is 1.25. The maximum Gasteiger partial charge on any atom is 0.414 e. The Morgan fingerprint density at radius 1 is 1.38 bits per heavy atom. The molecule has 1 saturated heterocycles. The number of piperidine rings is 1. The molecule has 24 heavy (non-hydrogen) atoms. The second-order valence-electron chi connectivity index (χ2n) is 5.71. The molecule has 0 radical (unpaired) electrons. The van der Waals surface area contributed by atoms with E-state index in [-0.39, 0.29) is 0 Å². The second kappa shape index (κ2) is 8.74. The Balaban J connectivity index is 0.000000301. The Morgan fingerprint density at radius 2 is 2.12 bits per heavy atom. The van der Waals surface area contributed by atoms with Crippen LogP contribution in [0.5, 0.6) is 5.88 Å². The number of nitrogens with zero attached hydrogens (tertiary/aromatic N) is 3. The van der Waals surface area contributed by atoms with Crippen molar-refractivity contribution >= 4 is 29.2 Å².